The Morgan fingerprint density at radius 1 is 1.29 bits per heavy atom. The molecule has 0 unspecified atom stereocenters. The molecule has 0 radical (unpaired) electrons. The molecule has 0 fully saturated rings. The number of hydrogen-bond acceptors (Lipinski definition) is 3. The Morgan fingerprint density at radius 3 is 2.71 bits per heavy atom. The maximum Gasteiger partial charge on any atom is 0.251 e. The van der Waals surface area contributed by atoms with E-state index in [4.69, 9.17) is 5.11 Å². The molecule has 116 valence electrons. The van der Waals surface area contributed by atoms with Crippen molar-refractivity contribution in [3.8, 4) is 0 Å². The predicted molar refractivity (Wildman–Crippen MR) is 85.0 cm³/mol. The lowest BCUT2D eigenvalue weighted by atomic mass is 10.2. The zero-order valence-corrected chi connectivity index (χ0v) is 13.7. The molecule has 21 heavy (non-hydrogen) atoms. The molecule has 0 saturated heterocycles. The van der Waals surface area contributed by atoms with Crippen molar-refractivity contribution in [2.45, 2.75) is 19.3 Å². The third-order valence-corrected chi connectivity index (χ3v) is 3.56. The summed E-state index contributed by atoms with van der Waals surface area (Å²) in [6.07, 6.45) is 2.49. The van der Waals surface area contributed by atoms with Gasteiger partial charge in [-0.3, -0.25) is 9.59 Å². The number of carbonyl (C=O) groups is 2. The molecule has 0 aliphatic carbocycles. The van der Waals surface area contributed by atoms with Crippen LogP contribution in [0.1, 0.15) is 29.6 Å². The number of rotatable bonds is 8. The van der Waals surface area contributed by atoms with Crippen LogP contribution >= 0.6 is 15.9 Å². The summed E-state index contributed by atoms with van der Waals surface area (Å²) in [6.45, 7) is 0.799. The number of likely N-dealkylation sites (N-methyl/N-ethyl adjacent to an activating group) is 1. The Hall–Kier alpha value is -1.40. The number of carbonyl (C=O) groups excluding carboxylic acids is 2. The van der Waals surface area contributed by atoms with E-state index >= 15 is 0 Å². The molecule has 0 saturated carbocycles. The minimum Gasteiger partial charge on any atom is -0.396 e. The van der Waals surface area contributed by atoms with E-state index < -0.39 is 0 Å². The van der Waals surface area contributed by atoms with E-state index in [0.717, 1.165) is 23.7 Å². The average molecular weight is 357 g/mol. The number of amides is 2. The number of hydrogen-bond donors (Lipinski definition) is 2. The predicted octanol–water partition coefficient (Wildman–Crippen LogP) is 1.80. The number of unbranched alkanes of at least 4 members (excludes halogenated alkanes) is 2. The topological polar surface area (TPSA) is 69.6 Å². The van der Waals surface area contributed by atoms with Crippen LogP contribution in [-0.4, -0.2) is 48.6 Å². The molecule has 0 aliphatic heterocycles. The molecule has 1 aromatic rings. The van der Waals surface area contributed by atoms with E-state index in [-0.39, 0.29) is 25.0 Å². The molecule has 0 atom stereocenters. The fourth-order valence-corrected chi connectivity index (χ4v) is 2.18. The van der Waals surface area contributed by atoms with Crippen LogP contribution in [0.3, 0.4) is 0 Å². The van der Waals surface area contributed by atoms with Crippen LogP contribution in [0.15, 0.2) is 28.7 Å². The molecule has 1 rings (SSSR count). The van der Waals surface area contributed by atoms with Gasteiger partial charge in [0.25, 0.3) is 5.91 Å². The normalized spacial score (nSPS) is 10.2. The highest BCUT2D eigenvalue weighted by molar-refractivity contribution is 9.10. The van der Waals surface area contributed by atoms with Gasteiger partial charge in [0.05, 0.1) is 6.54 Å². The summed E-state index contributed by atoms with van der Waals surface area (Å²) in [7, 11) is 1.71. The van der Waals surface area contributed by atoms with Crippen LogP contribution in [0.4, 0.5) is 0 Å². The second kappa shape index (κ2) is 9.52. The Balaban J connectivity index is 2.33. The van der Waals surface area contributed by atoms with Crippen molar-refractivity contribution in [3.05, 3.63) is 34.3 Å². The van der Waals surface area contributed by atoms with Crippen molar-refractivity contribution >= 4 is 27.7 Å². The molecular weight excluding hydrogens is 336 g/mol. The minimum absolute atomic E-state index is 0.0121. The molecule has 0 spiro atoms. The molecule has 2 amide bonds. The van der Waals surface area contributed by atoms with Crippen LogP contribution in [0.5, 0.6) is 0 Å². The summed E-state index contributed by atoms with van der Waals surface area (Å²) in [6, 6.07) is 7.01. The fourth-order valence-electron chi connectivity index (χ4n) is 1.78. The first-order valence-corrected chi connectivity index (χ1v) is 7.72. The molecule has 6 heteroatoms. The molecule has 0 heterocycles. The highest BCUT2D eigenvalue weighted by Crippen LogP contribution is 2.11. The molecular formula is C15H21BrN2O3. The van der Waals surface area contributed by atoms with Crippen molar-refractivity contribution in [1.29, 1.82) is 0 Å². The monoisotopic (exact) mass is 356 g/mol. The smallest absolute Gasteiger partial charge is 0.251 e. The summed E-state index contributed by atoms with van der Waals surface area (Å²) >= 11 is 3.30. The third-order valence-electron chi connectivity index (χ3n) is 3.06. The lowest BCUT2D eigenvalue weighted by Crippen LogP contribution is -2.38. The van der Waals surface area contributed by atoms with Crippen molar-refractivity contribution in [1.82, 2.24) is 10.2 Å². The van der Waals surface area contributed by atoms with Gasteiger partial charge in [-0.05, 0) is 37.5 Å². The lowest BCUT2D eigenvalue weighted by Gasteiger charge is -2.17. The fraction of sp³-hybridized carbons (Fsp3) is 0.467. The number of nitrogens with zero attached hydrogens (tertiary/aromatic N) is 1. The Bertz CT molecular complexity index is 480. The number of nitrogens with one attached hydrogen (secondary N) is 1. The van der Waals surface area contributed by atoms with Gasteiger partial charge >= 0.3 is 0 Å². The van der Waals surface area contributed by atoms with Crippen molar-refractivity contribution < 1.29 is 14.7 Å². The van der Waals surface area contributed by atoms with Gasteiger partial charge < -0.3 is 15.3 Å². The SMILES string of the molecule is CN(CCCCCO)C(=O)CNC(=O)c1cccc(Br)c1. The van der Waals surface area contributed by atoms with Gasteiger partial charge in [-0.1, -0.05) is 22.0 Å². The van der Waals surface area contributed by atoms with Gasteiger partial charge in [-0.15, -0.1) is 0 Å². The Labute approximate surface area is 133 Å². The third kappa shape index (κ3) is 6.73. The van der Waals surface area contributed by atoms with Crippen molar-refractivity contribution in [2.75, 3.05) is 26.7 Å². The molecule has 0 bridgehead atoms. The summed E-state index contributed by atoms with van der Waals surface area (Å²) in [5, 5.41) is 11.3. The molecule has 0 aliphatic rings. The van der Waals surface area contributed by atoms with Gasteiger partial charge in [0, 0.05) is 30.2 Å². The quantitative estimate of drug-likeness (QED) is 0.697. The first-order chi connectivity index (χ1) is 10.0. The van der Waals surface area contributed by atoms with Crippen LogP contribution in [0.25, 0.3) is 0 Å². The van der Waals surface area contributed by atoms with E-state index in [0.29, 0.717) is 12.1 Å². The number of halogens is 1. The van der Waals surface area contributed by atoms with Gasteiger partial charge in [-0.2, -0.15) is 0 Å². The van der Waals surface area contributed by atoms with E-state index in [2.05, 4.69) is 21.2 Å². The number of benzene rings is 1. The Morgan fingerprint density at radius 2 is 2.05 bits per heavy atom. The molecule has 5 nitrogen and oxygen atoms in total. The second-order valence-electron chi connectivity index (χ2n) is 4.79. The van der Waals surface area contributed by atoms with Crippen molar-refractivity contribution in [2.24, 2.45) is 0 Å². The Kier molecular flexibility index (Phi) is 8.00. The zero-order valence-electron chi connectivity index (χ0n) is 12.1. The highest BCUT2D eigenvalue weighted by Gasteiger charge is 2.11. The van der Waals surface area contributed by atoms with Crippen LogP contribution in [0, 0.1) is 0 Å². The first-order valence-electron chi connectivity index (χ1n) is 6.93. The van der Waals surface area contributed by atoms with Gasteiger partial charge in [0.2, 0.25) is 5.91 Å². The first kappa shape index (κ1) is 17.7. The maximum absolute atomic E-state index is 11.9. The van der Waals surface area contributed by atoms with Gasteiger partial charge in [0.15, 0.2) is 0 Å². The standard InChI is InChI=1S/C15H21BrN2O3/c1-18(8-3-2-4-9-19)14(20)11-17-15(21)12-6-5-7-13(16)10-12/h5-7,10,19H,2-4,8-9,11H2,1H3,(H,17,21). The average Bonchev–Trinajstić information content (AvgIpc) is 2.48. The van der Waals surface area contributed by atoms with Gasteiger partial charge in [0.1, 0.15) is 0 Å². The van der Waals surface area contributed by atoms with E-state index in [1.54, 1.807) is 30.1 Å². The molecule has 1 aromatic carbocycles. The van der Waals surface area contributed by atoms with E-state index in [1.807, 2.05) is 6.07 Å². The minimum atomic E-state index is -0.265. The maximum atomic E-state index is 11.9. The highest BCUT2D eigenvalue weighted by atomic mass is 79.9. The van der Waals surface area contributed by atoms with Crippen LogP contribution in [-0.2, 0) is 4.79 Å². The lowest BCUT2D eigenvalue weighted by molar-refractivity contribution is -0.128. The summed E-state index contributed by atoms with van der Waals surface area (Å²) in [5.41, 5.74) is 0.516. The van der Waals surface area contributed by atoms with Crippen LogP contribution in [0.2, 0.25) is 0 Å². The molecule has 2 N–H and O–H groups in total. The van der Waals surface area contributed by atoms with Crippen LogP contribution < -0.4 is 5.32 Å². The van der Waals surface area contributed by atoms with Gasteiger partial charge in [-0.25, -0.2) is 0 Å². The van der Waals surface area contributed by atoms with Crippen molar-refractivity contribution in [3.63, 3.8) is 0 Å². The summed E-state index contributed by atoms with van der Waals surface area (Å²) in [4.78, 5) is 25.4. The largest absolute Gasteiger partial charge is 0.396 e. The van der Waals surface area contributed by atoms with E-state index in [1.165, 1.54) is 0 Å². The number of aliphatic hydroxyl groups excluding tert-OH is 1. The summed E-state index contributed by atoms with van der Waals surface area (Å²) < 4.78 is 0.822. The molecule has 0 aromatic heterocycles. The van der Waals surface area contributed by atoms with E-state index in [9.17, 15) is 9.59 Å². The summed E-state index contributed by atoms with van der Waals surface area (Å²) in [5.74, 6) is -0.388. The number of aliphatic hydroxyl groups is 1. The zero-order chi connectivity index (χ0) is 15.7. The second-order valence-corrected chi connectivity index (χ2v) is 5.71.